The molecule has 4 nitrogen and oxygen atoms in total. The zero-order chi connectivity index (χ0) is 11.0. The maximum absolute atomic E-state index is 11.0. The summed E-state index contributed by atoms with van der Waals surface area (Å²) in [5, 5.41) is 9.00. The molecule has 1 aliphatic rings. The van der Waals surface area contributed by atoms with Crippen LogP contribution >= 0.6 is 15.9 Å². The lowest BCUT2D eigenvalue weighted by molar-refractivity contribution is 0.119. The van der Waals surface area contributed by atoms with E-state index in [-0.39, 0.29) is 6.04 Å². The number of amides is 1. The van der Waals surface area contributed by atoms with Crippen LogP contribution in [0.4, 0.5) is 4.79 Å². The molecule has 1 N–H and O–H groups in total. The van der Waals surface area contributed by atoms with Crippen molar-refractivity contribution in [2.75, 3.05) is 0 Å². The minimum atomic E-state index is -0.867. The van der Waals surface area contributed by atoms with Crippen LogP contribution in [0.25, 0.3) is 0 Å². The molecule has 1 aromatic rings. The Morgan fingerprint density at radius 1 is 1.73 bits per heavy atom. The number of hydrogen-bond donors (Lipinski definition) is 1. The SMILES string of the molecule is C[C@@H]1Cc2ncc(Br)cc2CN1C(=O)O. The summed E-state index contributed by atoms with van der Waals surface area (Å²) in [6.45, 7) is 2.33. The topological polar surface area (TPSA) is 53.4 Å². The Hall–Kier alpha value is -1.10. The molecule has 2 heterocycles. The number of carboxylic acid groups (broad SMARTS) is 1. The number of nitrogens with zero attached hydrogens (tertiary/aromatic N) is 2. The number of pyridine rings is 1. The molecular weight excluding hydrogens is 260 g/mol. The Balaban J connectivity index is 2.34. The molecular formula is C10H11BrN2O2. The van der Waals surface area contributed by atoms with E-state index in [1.807, 2.05) is 13.0 Å². The average Bonchev–Trinajstić information content (AvgIpc) is 2.17. The smallest absolute Gasteiger partial charge is 0.407 e. The third-order valence-electron chi connectivity index (χ3n) is 2.63. The quantitative estimate of drug-likeness (QED) is 0.787. The fourth-order valence-electron chi connectivity index (χ4n) is 1.82. The highest BCUT2D eigenvalue weighted by Gasteiger charge is 2.27. The molecule has 80 valence electrons. The van der Waals surface area contributed by atoms with Crippen LogP contribution in [0.15, 0.2) is 16.7 Å². The minimum absolute atomic E-state index is 0.00340. The second kappa shape index (κ2) is 3.81. The van der Waals surface area contributed by atoms with Gasteiger partial charge in [-0.05, 0) is 34.5 Å². The molecule has 0 saturated carbocycles. The molecule has 15 heavy (non-hydrogen) atoms. The van der Waals surface area contributed by atoms with Crippen molar-refractivity contribution in [1.29, 1.82) is 0 Å². The van der Waals surface area contributed by atoms with Crippen molar-refractivity contribution in [2.24, 2.45) is 0 Å². The predicted molar refractivity (Wildman–Crippen MR) is 58.7 cm³/mol. The second-order valence-corrected chi connectivity index (χ2v) is 4.64. The van der Waals surface area contributed by atoms with Crippen LogP contribution < -0.4 is 0 Å². The Morgan fingerprint density at radius 2 is 2.47 bits per heavy atom. The van der Waals surface area contributed by atoms with E-state index in [1.165, 1.54) is 4.90 Å². The van der Waals surface area contributed by atoms with Crippen LogP contribution in [0.3, 0.4) is 0 Å². The van der Waals surface area contributed by atoms with Gasteiger partial charge in [-0.3, -0.25) is 4.98 Å². The van der Waals surface area contributed by atoms with Crippen molar-refractivity contribution >= 4 is 22.0 Å². The summed E-state index contributed by atoms with van der Waals surface area (Å²) in [7, 11) is 0. The fourth-order valence-corrected chi connectivity index (χ4v) is 2.19. The Labute approximate surface area is 96.1 Å². The maximum atomic E-state index is 11.0. The van der Waals surface area contributed by atoms with E-state index in [9.17, 15) is 4.79 Å². The van der Waals surface area contributed by atoms with E-state index in [0.29, 0.717) is 13.0 Å². The third-order valence-corrected chi connectivity index (χ3v) is 3.07. The summed E-state index contributed by atoms with van der Waals surface area (Å²) in [5.74, 6) is 0. The van der Waals surface area contributed by atoms with E-state index >= 15 is 0 Å². The number of halogens is 1. The fraction of sp³-hybridized carbons (Fsp3) is 0.400. The highest BCUT2D eigenvalue weighted by molar-refractivity contribution is 9.10. The second-order valence-electron chi connectivity index (χ2n) is 3.72. The number of carbonyl (C=O) groups is 1. The van der Waals surface area contributed by atoms with Crippen LogP contribution in [0, 0.1) is 0 Å². The zero-order valence-corrected chi connectivity index (χ0v) is 9.86. The standard InChI is InChI=1S/C10H11BrN2O2/c1-6-2-9-7(3-8(11)4-12-9)5-13(6)10(14)15/h3-4,6H,2,5H2,1H3,(H,14,15)/t6-/m1/s1. The summed E-state index contributed by atoms with van der Waals surface area (Å²) in [4.78, 5) is 16.7. The van der Waals surface area contributed by atoms with Crippen molar-refractivity contribution in [3.05, 3.63) is 28.0 Å². The van der Waals surface area contributed by atoms with Crippen LogP contribution in [0.5, 0.6) is 0 Å². The molecule has 0 aliphatic carbocycles. The van der Waals surface area contributed by atoms with E-state index in [4.69, 9.17) is 5.11 Å². The molecule has 1 aliphatic heterocycles. The Kier molecular flexibility index (Phi) is 2.65. The molecule has 5 heteroatoms. The van der Waals surface area contributed by atoms with E-state index in [1.54, 1.807) is 6.20 Å². The lowest BCUT2D eigenvalue weighted by Crippen LogP contribution is -2.42. The van der Waals surface area contributed by atoms with Crippen LogP contribution in [0.1, 0.15) is 18.2 Å². The van der Waals surface area contributed by atoms with E-state index in [2.05, 4.69) is 20.9 Å². The van der Waals surface area contributed by atoms with Crippen molar-refractivity contribution < 1.29 is 9.90 Å². The number of rotatable bonds is 0. The van der Waals surface area contributed by atoms with Gasteiger partial charge in [0.25, 0.3) is 0 Å². The van der Waals surface area contributed by atoms with Gasteiger partial charge in [-0.15, -0.1) is 0 Å². The first-order valence-electron chi connectivity index (χ1n) is 4.71. The maximum Gasteiger partial charge on any atom is 0.407 e. The van der Waals surface area contributed by atoms with Crippen molar-refractivity contribution in [2.45, 2.75) is 25.9 Å². The molecule has 0 saturated heterocycles. The van der Waals surface area contributed by atoms with Gasteiger partial charge < -0.3 is 10.0 Å². The molecule has 2 rings (SSSR count). The summed E-state index contributed by atoms with van der Waals surface area (Å²) >= 11 is 3.33. The number of aromatic nitrogens is 1. The third kappa shape index (κ3) is 1.97. The van der Waals surface area contributed by atoms with Gasteiger partial charge in [-0.2, -0.15) is 0 Å². The monoisotopic (exact) mass is 270 g/mol. The van der Waals surface area contributed by atoms with Crippen molar-refractivity contribution in [3.8, 4) is 0 Å². The van der Waals surface area contributed by atoms with Gasteiger partial charge in [0.2, 0.25) is 0 Å². The van der Waals surface area contributed by atoms with Gasteiger partial charge in [-0.25, -0.2) is 4.79 Å². The lowest BCUT2D eigenvalue weighted by Gasteiger charge is -2.31. The van der Waals surface area contributed by atoms with Crippen LogP contribution in [0.2, 0.25) is 0 Å². The van der Waals surface area contributed by atoms with E-state index < -0.39 is 6.09 Å². The van der Waals surface area contributed by atoms with Gasteiger partial charge in [0, 0.05) is 28.8 Å². The molecule has 0 radical (unpaired) electrons. The van der Waals surface area contributed by atoms with Crippen LogP contribution in [-0.2, 0) is 13.0 Å². The Bertz CT molecular complexity index is 408. The zero-order valence-electron chi connectivity index (χ0n) is 8.27. The summed E-state index contributed by atoms with van der Waals surface area (Å²) in [6, 6.07) is 1.94. The first-order chi connectivity index (χ1) is 7.08. The first-order valence-corrected chi connectivity index (χ1v) is 5.50. The average molecular weight is 271 g/mol. The van der Waals surface area contributed by atoms with Gasteiger partial charge in [0.05, 0.1) is 6.54 Å². The van der Waals surface area contributed by atoms with Gasteiger partial charge in [0.1, 0.15) is 0 Å². The van der Waals surface area contributed by atoms with Crippen LogP contribution in [-0.4, -0.2) is 27.1 Å². The highest BCUT2D eigenvalue weighted by Crippen LogP contribution is 2.24. The van der Waals surface area contributed by atoms with Crippen molar-refractivity contribution in [1.82, 2.24) is 9.88 Å². The molecule has 0 fully saturated rings. The molecule has 1 atom stereocenters. The predicted octanol–water partition coefficient (Wildman–Crippen LogP) is 2.27. The van der Waals surface area contributed by atoms with Gasteiger partial charge in [0.15, 0.2) is 0 Å². The highest BCUT2D eigenvalue weighted by atomic mass is 79.9. The van der Waals surface area contributed by atoms with Gasteiger partial charge in [-0.1, -0.05) is 0 Å². The van der Waals surface area contributed by atoms with E-state index in [0.717, 1.165) is 15.7 Å². The number of fused-ring (bicyclic) bond motifs is 1. The Morgan fingerprint density at radius 3 is 3.13 bits per heavy atom. The van der Waals surface area contributed by atoms with Gasteiger partial charge >= 0.3 is 6.09 Å². The molecule has 1 aromatic heterocycles. The lowest BCUT2D eigenvalue weighted by atomic mass is 10.0. The number of hydrogen-bond acceptors (Lipinski definition) is 2. The first kappa shape index (κ1) is 10.4. The summed E-state index contributed by atoms with van der Waals surface area (Å²) in [5.41, 5.74) is 1.99. The molecule has 1 amide bonds. The molecule has 0 unspecified atom stereocenters. The molecule has 0 bridgehead atoms. The molecule has 0 aromatic carbocycles. The summed E-state index contributed by atoms with van der Waals surface area (Å²) in [6.07, 6.45) is 1.57. The van der Waals surface area contributed by atoms with Crippen molar-refractivity contribution in [3.63, 3.8) is 0 Å². The molecule has 0 spiro atoms. The normalized spacial score (nSPS) is 19.9. The minimum Gasteiger partial charge on any atom is -0.465 e. The summed E-state index contributed by atoms with van der Waals surface area (Å²) < 4.78 is 0.890. The largest absolute Gasteiger partial charge is 0.465 e.